The van der Waals surface area contributed by atoms with Gasteiger partial charge in [-0.2, -0.15) is 4.68 Å². The van der Waals surface area contributed by atoms with Crippen LogP contribution >= 0.6 is 15.9 Å². The summed E-state index contributed by atoms with van der Waals surface area (Å²) in [6.07, 6.45) is 1.56. The predicted molar refractivity (Wildman–Crippen MR) is 98.9 cm³/mol. The van der Waals surface area contributed by atoms with Gasteiger partial charge < -0.3 is 0 Å². The minimum atomic E-state index is -0.204. The van der Waals surface area contributed by atoms with Gasteiger partial charge in [0.1, 0.15) is 6.33 Å². The summed E-state index contributed by atoms with van der Waals surface area (Å²) in [4.78, 5) is 17.3. The van der Waals surface area contributed by atoms with Crippen LogP contribution in [0.5, 0.6) is 0 Å². The lowest BCUT2D eigenvalue weighted by Gasteiger charge is -2.14. The fourth-order valence-electron chi connectivity index (χ4n) is 2.75. The SMILES string of the molecule is C[C@@H](c1ccccc1)n1cnc2c(nnn2-c2ccc(Br)cc2)c1=O. The van der Waals surface area contributed by atoms with Crippen molar-refractivity contribution < 1.29 is 0 Å². The van der Waals surface area contributed by atoms with Crippen LogP contribution in [0.25, 0.3) is 16.9 Å². The molecule has 124 valence electrons. The Morgan fingerprint density at radius 3 is 2.48 bits per heavy atom. The Morgan fingerprint density at radius 2 is 1.76 bits per heavy atom. The van der Waals surface area contributed by atoms with Gasteiger partial charge in [-0.15, -0.1) is 5.10 Å². The van der Waals surface area contributed by atoms with Crippen LogP contribution in [0.4, 0.5) is 0 Å². The average molecular weight is 396 g/mol. The molecular formula is C18H14BrN5O. The van der Waals surface area contributed by atoms with Crippen molar-refractivity contribution in [3.63, 3.8) is 0 Å². The molecule has 0 aliphatic rings. The Morgan fingerprint density at radius 1 is 1.04 bits per heavy atom. The van der Waals surface area contributed by atoms with Crippen LogP contribution in [0.15, 0.2) is 70.2 Å². The average Bonchev–Trinajstić information content (AvgIpc) is 3.08. The van der Waals surface area contributed by atoms with E-state index in [2.05, 4.69) is 31.2 Å². The highest BCUT2D eigenvalue weighted by Gasteiger charge is 2.16. The molecule has 0 spiro atoms. The largest absolute Gasteiger partial charge is 0.290 e. The van der Waals surface area contributed by atoms with Crippen LogP contribution in [0.1, 0.15) is 18.5 Å². The highest BCUT2D eigenvalue weighted by molar-refractivity contribution is 9.10. The van der Waals surface area contributed by atoms with Crippen LogP contribution in [-0.4, -0.2) is 24.5 Å². The smallest absolute Gasteiger partial charge is 0.284 e. The maximum Gasteiger partial charge on any atom is 0.284 e. The zero-order valence-electron chi connectivity index (χ0n) is 13.4. The molecule has 0 N–H and O–H groups in total. The van der Waals surface area contributed by atoms with E-state index in [0.29, 0.717) is 5.65 Å². The minimum absolute atomic E-state index is 0.136. The number of fused-ring (bicyclic) bond motifs is 1. The van der Waals surface area contributed by atoms with Gasteiger partial charge >= 0.3 is 0 Å². The number of benzene rings is 2. The molecule has 0 fully saturated rings. The van der Waals surface area contributed by atoms with Gasteiger partial charge in [-0.3, -0.25) is 9.36 Å². The standard InChI is InChI=1S/C18H14BrN5O/c1-12(13-5-3-2-4-6-13)23-11-20-17-16(18(23)25)21-22-24(17)15-9-7-14(19)8-10-15/h2-12H,1H3/t12-/m0/s1. The van der Waals surface area contributed by atoms with E-state index in [9.17, 15) is 4.79 Å². The molecule has 6 nitrogen and oxygen atoms in total. The summed E-state index contributed by atoms with van der Waals surface area (Å²) in [6.45, 7) is 1.96. The summed E-state index contributed by atoms with van der Waals surface area (Å²) in [7, 11) is 0. The molecular weight excluding hydrogens is 382 g/mol. The van der Waals surface area contributed by atoms with Crippen molar-refractivity contribution in [2.24, 2.45) is 0 Å². The normalized spacial score (nSPS) is 12.4. The highest BCUT2D eigenvalue weighted by atomic mass is 79.9. The van der Waals surface area contributed by atoms with E-state index in [0.717, 1.165) is 15.7 Å². The van der Waals surface area contributed by atoms with Crippen LogP contribution in [0, 0.1) is 0 Å². The molecule has 0 bridgehead atoms. The van der Waals surface area contributed by atoms with Crippen molar-refractivity contribution in [1.29, 1.82) is 0 Å². The highest BCUT2D eigenvalue weighted by Crippen LogP contribution is 2.18. The molecule has 2 aromatic carbocycles. The maximum absolute atomic E-state index is 12.8. The number of hydrogen-bond acceptors (Lipinski definition) is 4. The maximum atomic E-state index is 12.8. The molecule has 0 amide bonds. The number of aromatic nitrogens is 5. The molecule has 1 atom stereocenters. The van der Waals surface area contributed by atoms with E-state index in [4.69, 9.17) is 0 Å². The Hall–Kier alpha value is -2.80. The molecule has 7 heteroatoms. The van der Waals surface area contributed by atoms with Gasteiger partial charge in [-0.05, 0) is 36.8 Å². The van der Waals surface area contributed by atoms with Crippen molar-refractivity contribution in [3.8, 4) is 5.69 Å². The Labute approximate surface area is 151 Å². The molecule has 0 saturated carbocycles. The van der Waals surface area contributed by atoms with Gasteiger partial charge in [0.15, 0.2) is 11.2 Å². The lowest BCUT2D eigenvalue weighted by molar-refractivity contribution is 0.607. The minimum Gasteiger partial charge on any atom is -0.290 e. The zero-order valence-corrected chi connectivity index (χ0v) is 15.0. The number of halogens is 1. The molecule has 0 unspecified atom stereocenters. The zero-order chi connectivity index (χ0) is 17.4. The molecule has 4 rings (SSSR count). The predicted octanol–water partition coefficient (Wildman–Crippen LogP) is 3.35. The van der Waals surface area contributed by atoms with Crippen LogP contribution in [0.2, 0.25) is 0 Å². The van der Waals surface area contributed by atoms with E-state index in [1.807, 2.05) is 61.5 Å². The summed E-state index contributed by atoms with van der Waals surface area (Å²) >= 11 is 3.40. The first-order valence-corrected chi connectivity index (χ1v) is 8.58. The van der Waals surface area contributed by atoms with Crippen LogP contribution in [-0.2, 0) is 0 Å². The Balaban J connectivity index is 1.82. The lowest BCUT2D eigenvalue weighted by atomic mass is 10.1. The second-order valence-electron chi connectivity index (χ2n) is 5.69. The van der Waals surface area contributed by atoms with E-state index in [1.54, 1.807) is 15.6 Å². The van der Waals surface area contributed by atoms with Gasteiger partial charge in [0.2, 0.25) is 0 Å². The number of nitrogens with zero attached hydrogens (tertiary/aromatic N) is 5. The summed E-state index contributed by atoms with van der Waals surface area (Å²) < 4.78 is 4.12. The van der Waals surface area contributed by atoms with Crippen molar-refractivity contribution in [3.05, 3.63) is 81.3 Å². The third-order valence-electron chi connectivity index (χ3n) is 4.16. The fraction of sp³-hybridized carbons (Fsp3) is 0.111. The van der Waals surface area contributed by atoms with Gasteiger partial charge in [0.25, 0.3) is 5.56 Å². The Kier molecular flexibility index (Phi) is 3.93. The van der Waals surface area contributed by atoms with Gasteiger partial charge in [-0.25, -0.2) is 4.98 Å². The summed E-state index contributed by atoms with van der Waals surface area (Å²) in [5, 5.41) is 8.16. The van der Waals surface area contributed by atoms with Gasteiger partial charge in [0.05, 0.1) is 11.7 Å². The molecule has 4 aromatic rings. The first kappa shape index (κ1) is 15.7. The van der Waals surface area contributed by atoms with Gasteiger partial charge in [0, 0.05) is 4.47 Å². The monoisotopic (exact) mass is 395 g/mol. The lowest BCUT2D eigenvalue weighted by Crippen LogP contribution is -2.24. The quantitative estimate of drug-likeness (QED) is 0.533. The van der Waals surface area contributed by atoms with Crippen molar-refractivity contribution in [2.45, 2.75) is 13.0 Å². The molecule has 0 aliphatic heterocycles. The molecule has 2 heterocycles. The summed E-state index contributed by atoms with van der Waals surface area (Å²) in [5.41, 5.74) is 2.33. The first-order valence-electron chi connectivity index (χ1n) is 7.78. The second kappa shape index (κ2) is 6.25. The number of rotatable bonds is 3. The van der Waals surface area contributed by atoms with Crippen LogP contribution in [0.3, 0.4) is 0 Å². The third kappa shape index (κ3) is 2.76. The third-order valence-corrected chi connectivity index (χ3v) is 4.69. The summed E-state index contributed by atoms with van der Waals surface area (Å²) in [5.74, 6) is 0. The topological polar surface area (TPSA) is 65.6 Å². The first-order chi connectivity index (χ1) is 12.1. The van der Waals surface area contributed by atoms with E-state index in [-0.39, 0.29) is 17.1 Å². The molecule has 2 aromatic heterocycles. The van der Waals surface area contributed by atoms with Crippen molar-refractivity contribution in [2.75, 3.05) is 0 Å². The second-order valence-corrected chi connectivity index (χ2v) is 6.61. The molecule has 0 radical (unpaired) electrons. The van der Waals surface area contributed by atoms with Gasteiger partial charge in [-0.1, -0.05) is 51.5 Å². The fourth-order valence-corrected chi connectivity index (χ4v) is 3.01. The van der Waals surface area contributed by atoms with Crippen LogP contribution < -0.4 is 5.56 Å². The van der Waals surface area contributed by atoms with E-state index in [1.165, 1.54) is 0 Å². The summed E-state index contributed by atoms with van der Waals surface area (Å²) in [6, 6.07) is 17.3. The van der Waals surface area contributed by atoms with Crippen molar-refractivity contribution in [1.82, 2.24) is 24.5 Å². The Bertz CT molecular complexity index is 1090. The van der Waals surface area contributed by atoms with Crippen molar-refractivity contribution >= 4 is 27.1 Å². The number of hydrogen-bond donors (Lipinski definition) is 0. The molecule has 25 heavy (non-hydrogen) atoms. The van der Waals surface area contributed by atoms with E-state index < -0.39 is 0 Å². The molecule has 0 aliphatic carbocycles. The molecule has 0 saturated heterocycles. The van der Waals surface area contributed by atoms with E-state index >= 15 is 0 Å².